The molecule has 0 fully saturated rings. The summed E-state index contributed by atoms with van der Waals surface area (Å²) in [7, 11) is 3.25. The molecule has 68 valence electrons. The van der Waals surface area contributed by atoms with E-state index in [1.54, 1.807) is 14.2 Å². The number of hydrogen-bond donors (Lipinski definition) is 0. The van der Waals surface area contributed by atoms with Gasteiger partial charge in [0.1, 0.15) is 0 Å². The number of carbonyl (C=O) groups excluding carboxylic acids is 1. The average molecular weight is 174 g/mol. The molecule has 0 atom stereocenters. The molecular weight excluding hydrogens is 165 g/mol. The summed E-state index contributed by atoms with van der Waals surface area (Å²) >= 11 is 0. The first-order valence-electron chi connectivity index (χ1n) is 2.50. The van der Waals surface area contributed by atoms with E-state index in [0.717, 1.165) is 0 Å². The van der Waals surface area contributed by atoms with Gasteiger partial charge in [-0.3, -0.25) is 4.79 Å². The van der Waals surface area contributed by atoms with Gasteiger partial charge in [0.2, 0.25) is 0 Å². The van der Waals surface area contributed by atoms with E-state index in [2.05, 4.69) is 9.47 Å². The molecule has 6 heteroatoms. The predicted octanol–water partition coefficient (Wildman–Crippen LogP) is 1.33. The lowest BCUT2D eigenvalue weighted by molar-refractivity contribution is -0.304. The molecular formula is C5H9F3O3. The van der Waals surface area contributed by atoms with Crippen molar-refractivity contribution in [1.29, 1.82) is 0 Å². The molecule has 0 amide bonds. The fraction of sp³-hybridized carbons (Fsp3) is 0.800. The molecule has 0 aromatic heterocycles. The minimum absolute atomic E-state index is 0.688. The van der Waals surface area contributed by atoms with Crippen LogP contribution in [0.3, 0.4) is 0 Å². The van der Waals surface area contributed by atoms with E-state index < -0.39 is 12.3 Å². The van der Waals surface area contributed by atoms with Gasteiger partial charge >= 0.3 is 12.3 Å². The van der Waals surface area contributed by atoms with Gasteiger partial charge in [0.05, 0.1) is 0 Å². The SMILES string of the molecule is CC(=O)OC(F)(F)F.COC. The molecule has 11 heavy (non-hydrogen) atoms. The summed E-state index contributed by atoms with van der Waals surface area (Å²) in [5.74, 6) is -1.35. The monoisotopic (exact) mass is 174 g/mol. The number of hydrogen-bond acceptors (Lipinski definition) is 3. The number of rotatable bonds is 0. The molecule has 0 spiro atoms. The highest BCUT2D eigenvalue weighted by atomic mass is 19.4. The quantitative estimate of drug-likeness (QED) is 0.520. The van der Waals surface area contributed by atoms with Crippen LogP contribution in [0.15, 0.2) is 0 Å². The highest BCUT2D eigenvalue weighted by Gasteiger charge is 2.32. The Morgan fingerprint density at radius 2 is 1.55 bits per heavy atom. The standard InChI is InChI=1S/C3H3F3O2.C2H6O/c1-2(7)8-3(4,5)6;1-3-2/h1H3;1-2H3. The number of methoxy groups -OCH3 is 1. The normalized spacial score (nSPS) is 9.64. The van der Waals surface area contributed by atoms with Crippen molar-refractivity contribution in [1.82, 2.24) is 0 Å². The summed E-state index contributed by atoms with van der Waals surface area (Å²) < 4.78 is 39.6. The third-order valence-corrected chi connectivity index (χ3v) is 0.259. The van der Waals surface area contributed by atoms with Crippen LogP contribution >= 0.6 is 0 Å². The van der Waals surface area contributed by atoms with E-state index in [9.17, 15) is 18.0 Å². The maximum absolute atomic E-state index is 10.9. The Morgan fingerprint density at radius 1 is 1.27 bits per heavy atom. The Labute approximate surface area is 62.1 Å². The summed E-state index contributed by atoms with van der Waals surface area (Å²) in [5, 5.41) is 0. The summed E-state index contributed by atoms with van der Waals surface area (Å²) in [5.41, 5.74) is 0. The molecule has 0 aliphatic carbocycles. The van der Waals surface area contributed by atoms with Crippen molar-refractivity contribution in [3.63, 3.8) is 0 Å². The van der Waals surface area contributed by atoms with E-state index in [4.69, 9.17) is 0 Å². The van der Waals surface area contributed by atoms with Crippen LogP contribution in [0.1, 0.15) is 6.92 Å². The lowest BCUT2D eigenvalue weighted by atomic mass is 10.8. The van der Waals surface area contributed by atoms with Gasteiger partial charge in [-0.2, -0.15) is 0 Å². The van der Waals surface area contributed by atoms with Crippen molar-refractivity contribution in [3.8, 4) is 0 Å². The molecule has 0 rings (SSSR count). The summed E-state index contributed by atoms with van der Waals surface area (Å²) in [4.78, 5) is 9.52. The van der Waals surface area contributed by atoms with Gasteiger partial charge in [0.15, 0.2) is 0 Å². The molecule has 0 aliphatic heterocycles. The molecule has 0 N–H and O–H groups in total. The van der Waals surface area contributed by atoms with Crippen LogP contribution in [0.4, 0.5) is 13.2 Å². The van der Waals surface area contributed by atoms with Crippen molar-refractivity contribution in [2.75, 3.05) is 14.2 Å². The molecule has 3 nitrogen and oxygen atoms in total. The molecule has 0 radical (unpaired) electrons. The number of halogens is 3. The molecule has 0 bridgehead atoms. The van der Waals surface area contributed by atoms with Crippen LogP contribution in [-0.2, 0) is 14.3 Å². The second-order valence-electron chi connectivity index (χ2n) is 1.45. The maximum atomic E-state index is 10.9. The van der Waals surface area contributed by atoms with Gasteiger partial charge in [-0.15, -0.1) is 13.2 Å². The Kier molecular flexibility index (Phi) is 6.97. The van der Waals surface area contributed by atoms with Crippen molar-refractivity contribution >= 4 is 5.97 Å². The Morgan fingerprint density at radius 3 is 1.55 bits per heavy atom. The summed E-state index contributed by atoms with van der Waals surface area (Å²) in [6, 6.07) is 0. The van der Waals surface area contributed by atoms with E-state index in [0.29, 0.717) is 6.92 Å². The van der Waals surface area contributed by atoms with Gasteiger partial charge in [0.25, 0.3) is 0 Å². The van der Waals surface area contributed by atoms with E-state index >= 15 is 0 Å². The lowest BCUT2D eigenvalue weighted by Crippen LogP contribution is -2.16. The van der Waals surface area contributed by atoms with Gasteiger partial charge in [-0.25, -0.2) is 0 Å². The molecule has 0 aromatic rings. The first-order chi connectivity index (χ1) is 4.83. The Bertz CT molecular complexity index is 110. The zero-order valence-electron chi connectivity index (χ0n) is 6.36. The highest BCUT2D eigenvalue weighted by Crippen LogP contribution is 2.15. The molecule has 0 unspecified atom stereocenters. The third kappa shape index (κ3) is 27.0. The predicted molar refractivity (Wildman–Crippen MR) is 30.8 cm³/mol. The largest absolute Gasteiger partial charge is 0.575 e. The molecule has 0 saturated carbocycles. The fourth-order valence-corrected chi connectivity index (χ4v) is 0.163. The first kappa shape index (κ1) is 12.9. The van der Waals surface area contributed by atoms with Gasteiger partial charge in [0, 0.05) is 21.1 Å². The van der Waals surface area contributed by atoms with Gasteiger partial charge in [-0.1, -0.05) is 0 Å². The first-order valence-corrected chi connectivity index (χ1v) is 2.50. The summed E-state index contributed by atoms with van der Waals surface area (Å²) in [6.07, 6.45) is -4.83. The minimum Gasteiger partial charge on any atom is -0.388 e. The van der Waals surface area contributed by atoms with E-state index in [-0.39, 0.29) is 0 Å². The molecule has 0 aliphatic rings. The van der Waals surface area contributed by atoms with Crippen LogP contribution in [-0.4, -0.2) is 26.6 Å². The van der Waals surface area contributed by atoms with Crippen LogP contribution < -0.4 is 0 Å². The number of alkyl halides is 3. The van der Waals surface area contributed by atoms with Crippen LogP contribution in [0.2, 0.25) is 0 Å². The highest BCUT2D eigenvalue weighted by molar-refractivity contribution is 5.66. The fourth-order valence-electron chi connectivity index (χ4n) is 0.163. The Balaban J connectivity index is 0. The molecule has 0 heterocycles. The zero-order valence-corrected chi connectivity index (χ0v) is 6.36. The molecule has 0 saturated heterocycles. The second kappa shape index (κ2) is 5.96. The van der Waals surface area contributed by atoms with Crippen molar-refractivity contribution in [2.45, 2.75) is 13.3 Å². The second-order valence-corrected chi connectivity index (χ2v) is 1.45. The average Bonchev–Trinajstić information content (AvgIpc) is 1.57. The smallest absolute Gasteiger partial charge is 0.388 e. The zero-order chi connectivity index (χ0) is 9.49. The van der Waals surface area contributed by atoms with E-state index in [1.165, 1.54) is 0 Å². The third-order valence-electron chi connectivity index (χ3n) is 0.259. The lowest BCUT2D eigenvalue weighted by Gasteiger charge is -2.02. The van der Waals surface area contributed by atoms with Crippen LogP contribution in [0.5, 0.6) is 0 Å². The van der Waals surface area contributed by atoms with Gasteiger partial charge < -0.3 is 9.47 Å². The topological polar surface area (TPSA) is 35.5 Å². The number of carbonyl (C=O) groups is 1. The van der Waals surface area contributed by atoms with Crippen molar-refractivity contribution in [2.24, 2.45) is 0 Å². The number of esters is 1. The van der Waals surface area contributed by atoms with Crippen molar-refractivity contribution in [3.05, 3.63) is 0 Å². The van der Waals surface area contributed by atoms with E-state index in [1.807, 2.05) is 0 Å². The van der Waals surface area contributed by atoms with Crippen molar-refractivity contribution < 1.29 is 27.4 Å². The summed E-state index contributed by atoms with van der Waals surface area (Å²) in [6.45, 7) is 0.688. The Hall–Kier alpha value is -0.780. The van der Waals surface area contributed by atoms with Crippen LogP contribution in [0.25, 0.3) is 0 Å². The maximum Gasteiger partial charge on any atom is 0.575 e. The minimum atomic E-state index is -4.83. The number of ether oxygens (including phenoxy) is 2. The molecule has 0 aromatic carbocycles. The van der Waals surface area contributed by atoms with Gasteiger partial charge in [-0.05, 0) is 0 Å². The van der Waals surface area contributed by atoms with Crippen LogP contribution in [0, 0.1) is 0 Å².